The third-order valence-corrected chi connectivity index (χ3v) is 1.26. The first-order chi connectivity index (χ1) is 4.66. The van der Waals surface area contributed by atoms with Crippen LogP contribution in [0.15, 0.2) is 0 Å². The maximum Gasteiger partial charge on any atom is 0.322 e. The highest BCUT2D eigenvalue weighted by molar-refractivity contribution is 7.99. The predicted octanol–water partition coefficient (Wildman–Crippen LogP) is -0.450. The van der Waals surface area contributed by atoms with E-state index in [0.29, 0.717) is 5.75 Å². The second-order valence-corrected chi connectivity index (χ2v) is 2.47. The van der Waals surface area contributed by atoms with Crippen LogP contribution < -0.4 is 5.32 Å². The fraction of sp³-hybridized carbons (Fsp3) is 0.600. The Bertz CT molecular complexity index is 137. The Balaban J connectivity index is 3.30. The van der Waals surface area contributed by atoms with Gasteiger partial charge in [0.05, 0.1) is 5.75 Å². The third kappa shape index (κ3) is 5.43. The normalized spacial score (nSPS) is 8.90. The van der Waals surface area contributed by atoms with E-state index >= 15 is 0 Å². The Morgan fingerprint density at radius 2 is 2.20 bits per heavy atom. The molecule has 0 unspecified atom stereocenters. The van der Waals surface area contributed by atoms with Crippen LogP contribution >= 0.6 is 11.8 Å². The molecule has 2 N–H and O–H groups in total. The van der Waals surface area contributed by atoms with Gasteiger partial charge in [-0.2, -0.15) is 11.8 Å². The number of hydrogen-bond donors (Lipinski definition) is 2. The van der Waals surface area contributed by atoms with Crippen LogP contribution in [0.3, 0.4) is 0 Å². The predicted molar refractivity (Wildman–Crippen MR) is 39.0 cm³/mol. The Kier molecular flexibility index (Phi) is 4.74. The van der Waals surface area contributed by atoms with Gasteiger partial charge in [0.1, 0.15) is 6.54 Å². The number of nitrogens with one attached hydrogen (secondary N) is 1. The van der Waals surface area contributed by atoms with Gasteiger partial charge in [0.15, 0.2) is 0 Å². The third-order valence-electron chi connectivity index (χ3n) is 0.712. The van der Waals surface area contributed by atoms with Gasteiger partial charge in [-0.25, -0.2) is 0 Å². The first-order valence-electron chi connectivity index (χ1n) is 2.64. The van der Waals surface area contributed by atoms with Crippen LogP contribution in [0, 0.1) is 0 Å². The molecule has 58 valence electrons. The van der Waals surface area contributed by atoms with Gasteiger partial charge in [0.25, 0.3) is 0 Å². The van der Waals surface area contributed by atoms with Crippen molar-refractivity contribution < 1.29 is 14.7 Å². The molecule has 0 aliphatic heterocycles. The average molecular weight is 163 g/mol. The number of carbonyl (C=O) groups is 2. The number of carboxylic acids is 1. The van der Waals surface area contributed by atoms with Crippen LogP contribution in [0.5, 0.6) is 0 Å². The summed E-state index contributed by atoms with van der Waals surface area (Å²) in [6.07, 6.45) is 1.78. The maximum absolute atomic E-state index is 10.6. The minimum Gasteiger partial charge on any atom is -0.480 e. The van der Waals surface area contributed by atoms with Crippen LogP contribution in [0.1, 0.15) is 0 Å². The van der Waals surface area contributed by atoms with E-state index in [9.17, 15) is 9.59 Å². The summed E-state index contributed by atoms with van der Waals surface area (Å²) in [5.41, 5.74) is 0. The largest absolute Gasteiger partial charge is 0.480 e. The molecule has 0 aliphatic rings. The van der Waals surface area contributed by atoms with Crippen molar-refractivity contribution in [2.75, 3.05) is 18.6 Å². The van der Waals surface area contributed by atoms with Crippen molar-refractivity contribution in [1.29, 1.82) is 0 Å². The molecule has 10 heavy (non-hydrogen) atoms. The van der Waals surface area contributed by atoms with Crippen molar-refractivity contribution in [3.8, 4) is 0 Å². The van der Waals surface area contributed by atoms with Gasteiger partial charge in [-0.3, -0.25) is 9.59 Å². The molecular weight excluding hydrogens is 154 g/mol. The van der Waals surface area contributed by atoms with Gasteiger partial charge >= 0.3 is 5.97 Å². The van der Waals surface area contributed by atoms with Crippen LogP contribution in [0.4, 0.5) is 0 Å². The van der Waals surface area contributed by atoms with E-state index in [4.69, 9.17) is 5.11 Å². The molecule has 0 atom stereocenters. The van der Waals surface area contributed by atoms with E-state index in [1.165, 1.54) is 11.8 Å². The zero-order chi connectivity index (χ0) is 7.98. The summed E-state index contributed by atoms with van der Waals surface area (Å²) in [4.78, 5) is 20.4. The zero-order valence-corrected chi connectivity index (χ0v) is 6.40. The molecule has 0 heterocycles. The fourth-order valence-electron chi connectivity index (χ4n) is 0.356. The van der Waals surface area contributed by atoms with Gasteiger partial charge in [0.2, 0.25) is 5.91 Å². The van der Waals surface area contributed by atoms with E-state index in [1.54, 1.807) is 6.26 Å². The first kappa shape index (κ1) is 9.29. The van der Waals surface area contributed by atoms with Crippen molar-refractivity contribution in [2.24, 2.45) is 0 Å². The molecule has 1 amide bonds. The molecule has 0 fully saturated rings. The van der Waals surface area contributed by atoms with E-state index in [1.807, 2.05) is 0 Å². The fourth-order valence-corrected chi connectivity index (χ4v) is 0.721. The van der Waals surface area contributed by atoms with Crippen molar-refractivity contribution >= 4 is 23.6 Å². The van der Waals surface area contributed by atoms with Gasteiger partial charge in [-0.1, -0.05) is 0 Å². The van der Waals surface area contributed by atoms with Gasteiger partial charge in [-0.05, 0) is 6.26 Å². The average Bonchev–Trinajstić information content (AvgIpc) is 1.85. The van der Waals surface area contributed by atoms with Crippen LogP contribution in [0.2, 0.25) is 0 Å². The monoisotopic (exact) mass is 163 g/mol. The van der Waals surface area contributed by atoms with Crippen LogP contribution in [0.25, 0.3) is 0 Å². The number of carboxylic acid groups (broad SMARTS) is 1. The molecule has 0 aromatic carbocycles. The summed E-state index contributed by atoms with van der Waals surface area (Å²) in [6.45, 7) is -0.292. The number of hydrogen-bond acceptors (Lipinski definition) is 3. The lowest BCUT2D eigenvalue weighted by Gasteiger charge is -1.97. The van der Waals surface area contributed by atoms with Crippen molar-refractivity contribution in [3.63, 3.8) is 0 Å². The second kappa shape index (κ2) is 5.10. The quantitative estimate of drug-likeness (QED) is 0.589. The molecule has 0 aliphatic carbocycles. The molecule has 4 nitrogen and oxygen atoms in total. The van der Waals surface area contributed by atoms with Gasteiger partial charge in [-0.15, -0.1) is 0 Å². The van der Waals surface area contributed by atoms with Crippen molar-refractivity contribution in [1.82, 2.24) is 5.32 Å². The number of carbonyl (C=O) groups excluding carboxylic acids is 1. The zero-order valence-electron chi connectivity index (χ0n) is 5.59. The minimum atomic E-state index is -1.02. The first-order valence-corrected chi connectivity index (χ1v) is 4.03. The Morgan fingerprint density at radius 1 is 1.60 bits per heavy atom. The summed E-state index contributed by atoms with van der Waals surface area (Å²) >= 11 is 1.36. The van der Waals surface area contributed by atoms with Crippen LogP contribution in [-0.2, 0) is 9.59 Å². The van der Waals surface area contributed by atoms with Gasteiger partial charge < -0.3 is 10.4 Å². The molecular formula is C5H9NO3S. The SMILES string of the molecule is CSCC(=O)NCC(=O)O. The topological polar surface area (TPSA) is 66.4 Å². The highest BCUT2D eigenvalue weighted by Gasteiger charge is 2.00. The summed E-state index contributed by atoms with van der Waals surface area (Å²) in [5.74, 6) is -0.947. The lowest BCUT2D eigenvalue weighted by molar-refractivity contribution is -0.137. The Labute approximate surface area is 63.0 Å². The molecule has 0 saturated heterocycles. The molecule has 0 spiro atoms. The standard InChI is InChI=1S/C5H9NO3S/c1-10-3-4(7)6-2-5(8)9/h2-3H2,1H3,(H,6,7)(H,8,9). The van der Waals surface area contributed by atoms with E-state index in [2.05, 4.69) is 5.32 Å². The molecule has 0 rings (SSSR count). The second-order valence-electron chi connectivity index (χ2n) is 1.60. The Morgan fingerprint density at radius 3 is 2.60 bits per heavy atom. The number of rotatable bonds is 4. The molecule has 5 heteroatoms. The highest BCUT2D eigenvalue weighted by Crippen LogP contribution is 1.88. The minimum absolute atomic E-state index is 0.241. The number of amides is 1. The summed E-state index contributed by atoms with van der Waals surface area (Å²) in [6, 6.07) is 0. The number of aliphatic carboxylic acids is 1. The highest BCUT2D eigenvalue weighted by atomic mass is 32.2. The summed E-state index contributed by atoms with van der Waals surface area (Å²) in [7, 11) is 0. The van der Waals surface area contributed by atoms with E-state index < -0.39 is 5.97 Å². The smallest absolute Gasteiger partial charge is 0.322 e. The lowest BCUT2D eigenvalue weighted by atomic mass is 10.6. The summed E-state index contributed by atoms with van der Waals surface area (Å²) in [5, 5.41) is 10.3. The van der Waals surface area contributed by atoms with Gasteiger partial charge in [0, 0.05) is 0 Å². The number of thioether (sulfide) groups is 1. The van der Waals surface area contributed by atoms with Crippen molar-refractivity contribution in [3.05, 3.63) is 0 Å². The molecule has 0 saturated carbocycles. The molecule has 0 bridgehead atoms. The maximum atomic E-state index is 10.6. The lowest BCUT2D eigenvalue weighted by Crippen LogP contribution is -2.30. The van der Waals surface area contributed by atoms with E-state index in [-0.39, 0.29) is 12.5 Å². The van der Waals surface area contributed by atoms with Crippen LogP contribution in [-0.4, -0.2) is 35.5 Å². The molecule has 0 aromatic rings. The molecule has 0 aromatic heterocycles. The molecule has 0 radical (unpaired) electrons. The Hall–Kier alpha value is -0.710. The van der Waals surface area contributed by atoms with Crippen molar-refractivity contribution in [2.45, 2.75) is 0 Å². The van der Waals surface area contributed by atoms with E-state index in [0.717, 1.165) is 0 Å². The summed E-state index contributed by atoms with van der Waals surface area (Å²) < 4.78 is 0.